The molecule has 7 heteroatoms. The Labute approximate surface area is 175 Å². The maximum Gasteiger partial charge on any atom is 0.254 e. The summed E-state index contributed by atoms with van der Waals surface area (Å²) < 4.78 is 12.7. The fraction of sp³-hybridized carbons (Fsp3) is 0.261. The van der Waals surface area contributed by atoms with E-state index in [4.69, 9.17) is 14.6 Å². The van der Waals surface area contributed by atoms with Gasteiger partial charge in [-0.3, -0.25) is 0 Å². The van der Waals surface area contributed by atoms with Crippen LogP contribution in [0.15, 0.2) is 48.5 Å². The van der Waals surface area contributed by atoms with Gasteiger partial charge in [0.15, 0.2) is 5.82 Å². The van der Waals surface area contributed by atoms with Crippen molar-refractivity contribution in [3.63, 3.8) is 0 Å². The SMILES string of the molecule is CCc1c(C)nc2nc(-c3ccccc3)nn2c1NCc1cc(OC)ccc1OC. The molecule has 4 rings (SSSR count). The molecule has 7 nitrogen and oxygen atoms in total. The van der Waals surface area contributed by atoms with E-state index in [9.17, 15) is 0 Å². The molecular weight excluding hydrogens is 378 g/mol. The standard InChI is InChI=1S/C23H25N5O2/c1-5-19-15(2)25-23-26-21(16-9-7-6-8-10-16)27-28(23)22(19)24-14-17-13-18(29-3)11-12-20(17)30-4/h6-13,24H,5,14H2,1-4H3. The summed E-state index contributed by atoms with van der Waals surface area (Å²) >= 11 is 0. The minimum absolute atomic E-state index is 0.548. The quantitative estimate of drug-likeness (QED) is 0.496. The highest BCUT2D eigenvalue weighted by molar-refractivity contribution is 5.60. The molecule has 0 amide bonds. The molecule has 0 spiro atoms. The molecular formula is C23H25N5O2. The third kappa shape index (κ3) is 3.66. The fourth-order valence-corrected chi connectivity index (χ4v) is 3.56. The Morgan fingerprint density at radius 2 is 1.80 bits per heavy atom. The molecule has 0 saturated carbocycles. The first-order valence-corrected chi connectivity index (χ1v) is 9.91. The summed E-state index contributed by atoms with van der Waals surface area (Å²) in [5.74, 6) is 3.69. The summed E-state index contributed by atoms with van der Waals surface area (Å²) in [7, 11) is 3.33. The van der Waals surface area contributed by atoms with E-state index >= 15 is 0 Å². The lowest BCUT2D eigenvalue weighted by Gasteiger charge is -2.16. The number of nitrogens with one attached hydrogen (secondary N) is 1. The minimum atomic E-state index is 0.548. The Hall–Kier alpha value is -3.61. The van der Waals surface area contributed by atoms with Gasteiger partial charge in [0.2, 0.25) is 0 Å². The van der Waals surface area contributed by atoms with Gasteiger partial charge in [-0.2, -0.15) is 9.50 Å². The highest BCUT2D eigenvalue weighted by Gasteiger charge is 2.17. The Kier molecular flexibility index (Phi) is 5.52. The monoisotopic (exact) mass is 403 g/mol. The molecule has 0 saturated heterocycles. The van der Waals surface area contributed by atoms with E-state index in [0.717, 1.165) is 46.1 Å². The summed E-state index contributed by atoms with van der Waals surface area (Å²) in [5.41, 5.74) is 4.00. The highest BCUT2D eigenvalue weighted by atomic mass is 16.5. The molecule has 0 atom stereocenters. The van der Waals surface area contributed by atoms with Crippen molar-refractivity contribution in [2.75, 3.05) is 19.5 Å². The average Bonchev–Trinajstić information content (AvgIpc) is 3.21. The molecule has 2 heterocycles. The van der Waals surface area contributed by atoms with Crippen LogP contribution in [-0.4, -0.2) is 33.8 Å². The Morgan fingerprint density at radius 1 is 1.00 bits per heavy atom. The third-order valence-corrected chi connectivity index (χ3v) is 5.11. The van der Waals surface area contributed by atoms with E-state index in [-0.39, 0.29) is 0 Å². The number of fused-ring (bicyclic) bond motifs is 1. The summed E-state index contributed by atoms with van der Waals surface area (Å²) in [6, 6.07) is 15.7. The molecule has 0 aliphatic carbocycles. The summed E-state index contributed by atoms with van der Waals surface area (Å²) in [5, 5.41) is 8.29. The van der Waals surface area contributed by atoms with Crippen molar-refractivity contribution in [2.24, 2.45) is 0 Å². The van der Waals surface area contributed by atoms with Gasteiger partial charge in [0, 0.05) is 28.9 Å². The third-order valence-electron chi connectivity index (χ3n) is 5.11. The number of aromatic nitrogens is 4. The van der Waals surface area contributed by atoms with Gasteiger partial charge in [0.1, 0.15) is 17.3 Å². The van der Waals surface area contributed by atoms with Gasteiger partial charge in [0.25, 0.3) is 5.78 Å². The van der Waals surface area contributed by atoms with Gasteiger partial charge in [-0.05, 0) is 31.5 Å². The van der Waals surface area contributed by atoms with Crippen LogP contribution in [0.25, 0.3) is 17.2 Å². The molecule has 30 heavy (non-hydrogen) atoms. The van der Waals surface area contributed by atoms with E-state index in [2.05, 4.69) is 22.2 Å². The molecule has 2 aromatic heterocycles. The lowest BCUT2D eigenvalue weighted by Crippen LogP contribution is -2.12. The van der Waals surface area contributed by atoms with Crippen molar-refractivity contribution in [2.45, 2.75) is 26.8 Å². The van der Waals surface area contributed by atoms with Crippen LogP contribution in [0.2, 0.25) is 0 Å². The average molecular weight is 403 g/mol. The number of benzene rings is 2. The molecule has 0 unspecified atom stereocenters. The number of hydrogen-bond donors (Lipinski definition) is 1. The van der Waals surface area contributed by atoms with Gasteiger partial charge < -0.3 is 14.8 Å². The largest absolute Gasteiger partial charge is 0.497 e. The van der Waals surface area contributed by atoms with Crippen molar-refractivity contribution in [3.05, 3.63) is 65.4 Å². The van der Waals surface area contributed by atoms with Crippen molar-refractivity contribution >= 4 is 11.6 Å². The number of methoxy groups -OCH3 is 2. The molecule has 0 fully saturated rings. The van der Waals surface area contributed by atoms with Crippen LogP contribution in [0, 0.1) is 6.92 Å². The second kappa shape index (κ2) is 8.41. The Balaban J connectivity index is 1.77. The number of ether oxygens (including phenoxy) is 2. The Bertz CT molecular complexity index is 1170. The van der Waals surface area contributed by atoms with Gasteiger partial charge in [-0.25, -0.2) is 4.98 Å². The van der Waals surface area contributed by atoms with Gasteiger partial charge in [-0.15, -0.1) is 5.10 Å². The van der Waals surface area contributed by atoms with Gasteiger partial charge in [-0.1, -0.05) is 37.3 Å². The van der Waals surface area contributed by atoms with Crippen molar-refractivity contribution in [1.29, 1.82) is 0 Å². The molecule has 0 bridgehead atoms. The predicted octanol–water partition coefficient (Wildman–Crippen LogP) is 4.29. The van der Waals surface area contributed by atoms with E-state index in [0.29, 0.717) is 18.1 Å². The Morgan fingerprint density at radius 3 is 2.50 bits per heavy atom. The van der Waals surface area contributed by atoms with Crippen molar-refractivity contribution in [1.82, 2.24) is 19.6 Å². The summed E-state index contributed by atoms with van der Waals surface area (Å²) in [6.45, 7) is 4.67. The minimum Gasteiger partial charge on any atom is -0.497 e. The van der Waals surface area contributed by atoms with Crippen LogP contribution >= 0.6 is 0 Å². The fourth-order valence-electron chi connectivity index (χ4n) is 3.56. The molecule has 0 radical (unpaired) electrons. The van der Waals surface area contributed by atoms with Crippen molar-refractivity contribution in [3.8, 4) is 22.9 Å². The maximum absolute atomic E-state index is 5.52. The van der Waals surface area contributed by atoms with Crippen LogP contribution in [0.3, 0.4) is 0 Å². The van der Waals surface area contributed by atoms with Crippen LogP contribution < -0.4 is 14.8 Å². The summed E-state index contributed by atoms with van der Waals surface area (Å²) in [6.07, 6.45) is 0.826. The lowest BCUT2D eigenvalue weighted by atomic mass is 10.1. The zero-order valence-electron chi connectivity index (χ0n) is 17.6. The molecule has 0 aliphatic rings. The highest BCUT2D eigenvalue weighted by Crippen LogP contribution is 2.27. The van der Waals surface area contributed by atoms with Crippen LogP contribution in [0.4, 0.5) is 5.82 Å². The van der Waals surface area contributed by atoms with E-state index < -0.39 is 0 Å². The van der Waals surface area contributed by atoms with Crippen LogP contribution in [0.1, 0.15) is 23.7 Å². The number of anilines is 1. The maximum atomic E-state index is 5.52. The number of hydrogen-bond acceptors (Lipinski definition) is 6. The first-order valence-electron chi connectivity index (χ1n) is 9.91. The smallest absolute Gasteiger partial charge is 0.254 e. The van der Waals surface area contributed by atoms with Gasteiger partial charge in [0.05, 0.1) is 14.2 Å². The first kappa shape index (κ1) is 19.7. The molecule has 0 aliphatic heterocycles. The zero-order chi connectivity index (χ0) is 21.1. The van der Waals surface area contributed by atoms with Crippen LogP contribution in [0.5, 0.6) is 11.5 Å². The normalized spacial score (nSPS) is 10.9. The second-order valence-corrected chi connectivity index (χ2v) is 6.92. The predicted molar refractivity (Wildman–Crippen MR) is 117 cm³/mol. The molecule has 2 aromatic carbocycles. The lowest BCUT2D eigenvalue weighted by molar-refractivity contribution is 0.399. The molecule has 1 N–H and O–H groups in total. The summed E-state index contributed by atoms with van der Waals surface area (Å²) in [4.78, 5) is 9.33. The first-order chi connectivity index (χ1) is 14.6. The van der Waals surface area contributed by atoms with E-state index in [1.165, 1.54) is 0 Å². The number of rotatable bonds is 7. The molecule has 4 aromatic rings. The van der Waals surface area contributed by atoms with E-state index in [1.807, 2.05) is 55.5 Å². The van der Waals surface area contributed by atoms with Gasteiger partial charge >= 0.3 is 0 Å². The number of nitrogens with zero attached hydrogens (tertiary/aromatic N) is 4. The second-order valence-electron chi connectivity index (χ2n) is 6.92. The zero-order valence-corrected chi connectivity index (χ0v) is 17.6. The van der Waals surface area contributed by atoms with E-state index in [1.54, 1.807) is 18.7 Å². The van der Waals surface area contributed by atoms with Crippen molar-refractivity contribution < 1.29 is 9.47 Å². The number of aryl methyl sites for hydroxylation is 1. The topological polar surface area (TPSA) is 73.6 Å². The van der Waals surface area contributed by atoms with Crippen LogP contribution in [-0.2, 0) is 13.0 Å². The molecule has 154 valence electrons.